The second-order valence-electron chi connectivity index (χ2n) is 14.0. The zero-order valence-electron chi connectivity index (χ0n) is 27.9. The lowest BCUT2D eigenvalue weighted by Crippen LogP contribution is -2.45. The SMILES string of the molecule is CC(C)(C)OC(=O)N1CCC[C@H]1C(=O)Nc1ccc(-c2ccc(-c3ccc(NC(=O)[C@@H]4CCCN4C(=O)OC(C)(C)C)cc3)o2)cc1. The van der Waals surface area contributed by atoms with Crippen molar-refractivity contribution in [2.75, 3.05) is 23.7 Å². The summed E-state index contributed by atoms with van der Waals surface area (Å²) in [5.41, 5.74) is 1.64. The molecule has 2 atom stereocenters. The van der Waals surface area contributed by atoms with E-state index >= 15 is 0 Å². The van der Waals surface area contributed by atoms with Crippen LogP contribution in [0.25, 0.3) is 22.6 Å². The number of amides is 4. The van der Waals surface area contributed by atoms with Crippen LogP contribution in [0.15, 0.2) is 65.1 Å². The van der Waals surface area contributed by atoms with Crippen LogP contribution in [0.5, 0.6) is 0 Å². The molecule has 0 radical (unpaired) electrons. The maximum atomic E-state index is 13.0. The Morgan fingerprint density at radius 3 is 1.32 bits per heavy atom. The highest BCUT2D eigenvalue weighted by atomic mass is 16.6. The molecule has 2 aliphatic heterocycles. The number of likely N-dealkylation sites (tertiary alicyclic amines) is 2. The van der Waals surface area contributed by atoms with Gasteiger partial charge in [-0.15, -0.1) is 0 Å². The van der Waals surface area contributed by atoms with Gasteiger partial charge in [0.25, 0.3) is 0 Å². The lowest BCUT2D eigenvalue weighted by molar-refractivity contribution is -0.121. The van der Waals surface area contributed by atoms with E-state index in [1.165, 1.54) is 9.80 Å². The van der Waals surface area contributed by atoms with Crippen LogP contribution in [0, 0.1) is 0 Å². The predicted molar refractivity (Wildman–Crippen MR) is 179 cm³/mol. The normalized spacial score (nSPS) is 18.2. The molecule has 3 aromatic rings. The minimum absolute atomic E-state index is 0.246. The summed E-state index contributed by atoms with van der Waals surface area (Å²) in [4.78, 5) is 54.2. The number of anilines is 2. The summed E-state index contributed by atoms with van der Waals surface area (Å²) in [5, 5.41) is 5.84. The second-order valence-corrected chi connectivity index (χ2v) is 14.0. The van der Waals surface area contributed by atoms with Gasteiger partial charge < -0.3 is 24.5 Å². The van der Waals surface area contributed by atoms with Crippen LogP contribution in [0.2, 0.25) is 0 Å². The van der Waals surface area contributed by atoms with Crippen molar-refractivity contribution in [3.63, 3.8) is 0 Å². The maximum absolute atomic E-state index is 13.0. The molecule has 47 heavy (non-hydrogen) atoms. The molecule has 2 aromatic carbocycles. The summed E-state index contributed by atoms with van der Waals surface area (Å²) >= 11 is 0. The van der Waals surface area contributed by atoms with Gasteiger partial charge in [-0.25, -0.2) is 9.59 Å². The molecule has 250 valence electrons. The van der Waals surface area contributed by atoms with E-state index in [0.717, 1.165) is 24.0 Å². The molecule has 5 rings (SSSR count). The molecule has 0 unspecified atom stereocenters. The zero-order valence-corrected chi connectivity index (χ0v) is 27.9. The number of benzene rings is 2. The van der Waals surface area contributed by atoms with Crippen LogP contribution in [0.4, 0.5) is 21.0 Å². The van der Waals surface area contributed by atoms with Crippen LogP contribution in [0.3, 0.4) is 0 Å². The third-order valence-electron chi connectivity index (χ3n) is 7.85. The molecule has 2 aliphatic rings. The Kier molecular flexibility index (Phi) is 9.65. The van der Waals surface area contributed by atoms with Gasteiger partial charge in [0, 0.05) is 35.6 Å². The summed E-state index contributed by atoms with van der Waals surface area (Å²) in [5.74, 6) is 0.825. The molecule has 3 heterocycles. The molecular weight excluding hydrogens is 600 g/mol. The van der Waals surface area contributed by atoms with Crippen LogP contribution < -0.4 is 10.6 Å². The summed E-state index contributed by atoms with van der Waals surface area (Å²) in [7, 11) is 0. The van der Waals surface area contributed by atoms with Gasteiger partial charge in [0.15, 0.2) is 0 Å². The second kappa shape index (κ2) is 13.5. The molecule has 0 saturated carbocycles. The highest BCUT2D eigenvalue weighted by Gasteiger charge is 2.38. The van der Waals surface area contributed by atoms with E-state index in [1.54, 1.807) is 65.8 Å². The molecule has 0 spiro atoms. The van der Waals surface area contributed by atoms with Crippen molar-refractivity contribution in [3.8, 4) is 22.6 Å². The Hall–Kier alpha value is -4.80. The van der Waals surface area contributed by atoms with Crippen LogP contribution >= 0.6 is 0 Å². The number of carbonyl (C=O) groups excluding carboxylic acids is 4. The van der Waals surface area contributed by atoms with E-state index < -0.39 is 35.5 Å². The minimum Gasteiger partial charge on any atom is -0.456 e. The van der Waals surface area contributed by atoms with Crippen molar-refractivity contribution in [2.45, 2.75) is 90.5 Å². The Morgan fingerprint density at radius 1 is 0.617 bits per heavy atom. The van der Waals surface area contributed by atoms with E-state index in [4.69, 9.17) is 13.9 Å². The van der Waals surface area contributed by atoms with E-state index in [1.807, 2.05) is 36.4 Å². The van der Waals surface area contributed by atoms with Gasteiger partial charge in [-0.3, -0.25) is 19.4 Å². The number of nitrogens with one attached hydrogen (secondary N) is 2. The first-order chi connectivity index (χ1) is 22.2. The minimum atomic E-state index is -0.632. The average molecular weight is 645 g/mol. The standard InChI is InChI=1S/C36H44N4O7/c1-35(2,3)46-33(43)39-21-7-9-27(39)31(41)37-25-15-11-23(12-16-25)29-19-20-30(45-29)24-13-17-26(18-14-24)38-32(42)28-10-8-22-40(28)34(44)47-36(4,5)6/h11-20,27-28H,7-10,21-22H2,1-6H3,(H,37,41)(H,38,42)/t27-,28-/m0/s1. The van der Waals surface area contributed by atoms with Crippen LogP contribution in [-0.4, -0.2) is 70.2 Å². The fourth-order valence-corrected chi connectivity index (χ4v) is 5.69. The van der Waals surface area contributed by atoms with Crippen molar-refractivity contribution in [1.82, 2.24) is 9.80 Å². The first kappa shape index (κ1) is 33.6. The third kappa shape index (κ3) is 8.52. The molecule has 11 nitrogen and oxygen atoms in total. The fraction of sp³-hybridized carbons (Fsp3) is 0.444. The predicted octanol–water partition coefficient (Wildman–Crippen LogP) is 7.29. The van der Waals surface area contributed by atoms with E-state index in [-0.39, 0.29) is 11.8 Å². The van der Waals surface area contributed by atoms with Crippen LogP contribution in [-0.2, 0) is 19.1 Å². The van der Waals surface area contributed by atoms with Gasteiger partial charge in [0.1, 0.15) is 34.8 Å². The highest BCUT2D eigenvalue weighted by Crippen LogP contribution is 2.31. The average Bonchev–Trinajstić information content (AvgIpc) is 3.77. The first-order valence-electron chi connectivity index (χ1n) is 16.1. The third-order valence-corrected chi connectivity index (χ3v) is 7.85. The Morgan fingerprint density at radius 2 is 0.979 bits per heavy atom. The number of furan rings is 1. The van der Waals surface area contributed by atoms with Crippen molar-refractivity contribution in [3.05, 3.63) is 60.7 Å². The number of ether oxygens (including phenoxy) is 2. The molecule has 2 fully saturated rings. The molecule has 1 aromatic heterocycles. The van der Waals surface area contributed by atoms with E-state index in [2.05, 4.69) is 10.6 Å². The van der Waals surface area contributed by atoms with Gasteiger partial charge in [0.05, 0.1) is 0 Å². The van der Waals surface area contributed by atoms with Crippen molar-refractivity contribution in [1.29, 1.82) is 0 Å². The number of nitrogens with zero attached hydrogens (tertiary/aromatic N) is 2. The molecule has 2 N–H and O–H groups in total. The topological polar surface area (TPSA) is 130 Å². The van der Waals surface area contributed by atoms with Gasteiger partial charge in [-0.2, -0.15) is 0 Å². The zero-order chi connectivity index (χ0) is 33.9. The lowest BCUT2D eigenvalue weighted by atomic mass is 10.1. The number of rotatable bonds is 6. The van der Waals surface area contributed by atoms with Crippen molar-refractivity contribution < 1.29 is 33.1 Å². The number of carbonyl (C=O) groups is 4. The summed E-state index contributed by atoms with van der Waals surface area (Å²) in [6.07, 6.45) is 1.69. The highest BCUT2D eigenvalue weighted by molar-refractivity contribution is 5.98. The molecular formula is C36H44N4O7. The molecule has 11 heteroatoms. The lowest BCUT2D eigenvalue weighted by Gasteiger charge is -2.28. The van der Waals surface area contributed by atoms with Crippen molar-refractivity contribution >= 4 is 35.4 Å². The Balaban J connectivity index is 1.17. The maximum Gasteiger partial charge on any atom is 0.410 e. The largest absolute Gasteiger partial charge is 0.456 e. The first-order valence-corrected chi connectivity index (χ1v) is 16.1. The molecule has 4 amide bonds. The summed E-state index contributed by atoms with van der Waals surface area (Å²) in [6.45, 7) is 11.8. The smallest absolute Gasteiger partial charge is 0.410 e. The molecule has 0 bridgehead atoms. The van der Waals surface area contributed by atoms with Crippen molar-refractivity contribution in [2.24, 2.45) is 0 Å². The quantitative estimate of drug-likeness (QED) is 0.288. The van der Waals surface area contributed by atoms with Gasteiger partial charge in [-0.1, -0.05) is 0 Å². The summed E-state index contributed by atoms with van der Waals surface area (Å²) < 4.78 is 17.1. The van der Waals surface area contributed by atoms with E-state index in [0.29, 0.717) is 48.8 Å². The number of hydrogen-bond donors (Lipinski definition) is 2. The van der Waals surface area contributed by atoms with Crippen LogP contribution in [0.1, 0.15) is 67.2 Å². The number of hydrogen-bond acceptors (Lipinski definition) is 7. The molecule has 2 saturated heterocycles. The van der Waals surface area contributed by atoms with Gasteiger partial charge in [0.2, 0.25) is 11.8 Å². The van der Waals surface area contributed by atoms with E-state index in [9.17, 15) is 19.2 Å². The monoisotopic (exact) mass is 644 g/mol. The van der Waals surface area contributed by atoms with Gasteiger partial charge in [-0.05, 0) is 128 Å². The van der Waals surface area contributed by atoms with Gasteiger partial charge >= 0.3 is 12.2 Å². The summed E-state index contributed by atoms with van der Waals surface area (Å²) in [6, 6.07) is 17.2. The Labute approximate surface area is 275 Å². The molecule has 0 aliphatic carbocycles. The fourth-order valence-electron chi connectivity index (χ4n) is 5.69. The Bertz CT molecular complexity index is 1480.